The van der Waals surface area contributed by atoms with Crippen LogP contribution in [-0.4, -0.2) is 46.8 Å². The van der Waals surface area contributed by atoms with Gasteiger partial charge in [0.2, 0.25) is 0 Å². The van der Waals surface area contributed by atoms with Crippen molar-refractivity contribution in [1.29, 1.82) is 0 Å². The maximum Gasteiger partial charge on any atom is 0.261 e. The lowest BCUT2D eigenvalue weighted by Gasteiger charge is -2.17. The second-order valence-electron chi connectivity index (χ2n) is 6.48. The molecule has 0 aliphatic rings. The predicted molar refractivity (Wildman–Crippen MR) is 108 cm³/mol. The number of hydrogen-bond acceptors (Lipinski definition) is 4. The number of thiophene rings is 1. The first-order valence-electron chi connectivity index (χ1n) is 9.23. The van der Waals surface area contributed by atoms with E-state index < -0.39 is 0 Å². The first kappa shape index (κ1) is 19.5. The monoisotopic (exact) mass is 388 g/mol. The molecule has 144 valence electrons. The van der Waals surface area contributed by atoms with Gasteiger partial charge in [0.25, 0.3) is 5.91 Å². The van der Waals surface area contributed by atoms with Gasteiger partial charge in [-0.3, -0.25) is 9.48 Å². The summed E-state index contributed by atoms with van der Waals surface area (Å²) in [5.41, 5.74) is 1.87. The molecule has 0 saturated carbocycles. The first-order chi connectivity index (χ1) is 13.0. The van der Waals surface area contributed by atoms with E-state index in [4.69, 9.17) is 0 Å². The van der Waals surface area contributed by atoms with Crippen molar-refractivity contribution in [1.82, 2.24) is 20.0 Å². The zero-order valence-electron chi connectivity index (χ0n) is 16.0. The molecular weight excluding hydrogens is 363 g/mol. The molecule has 1 N–H and O–H groups in total. The number of fused-ring (bicyclic) bond motifs is 1. The Morgan fingerprint density at radius 2 is 1.96 bits per heavy atom. The summed E-state index contributed by atoms with van der Waals surface area (Å²) < 4.78 is 15.0. The zero-order valence-corrected chi connectivity index (χ0v) is 16.8. The lowest BCUT2D eigenvalue weighted by Crippen LogP contribution is -2.34. The fourth-order valence-electron chi connectivity index (χ4n) is 3.05. The number of halogens is 1. The van der Waals surface area contributed by atoms with Crippen LogP contribution >= 0.6 is 11.3 Å². The Labute approximate surface area is 162 Å². The Hall–Kier alpha value is -2.25. The number of amides is 1. The molecule has 0 unspecified atom stereocenters. The van der Waals surface area contributed by atoms with Crippen molar-refractivity contribution in [3.63, 3.8) is 0 Å². The highest BCUT2D eigenvalue weighted by Crippen LogP contribution is 2.28. The third kappa shape index (κ3) is 4.54. The highest BCUT2D eigenvalue weighted by atomic mass is 32.1. The van der Waals surface area contributed by atoms with Crippen LogP contribution in [0.3, 0.4) is 0 Å². The van der Waals surface area contributed by atoms with E-state index in [9.17, 15) is 9.18 Å². The largest absolute Gasteiger partial charge is 0.350 e. The maximum atomic E-state index is 13.1. The first-order valence-corrected chi connectivity index (χ1v) is 10.1. The van der Waals surface area contributed by atoms with Crippen molar-refractivity contribution in [2.45, 2.75) is 27.3 Å². The number of carbonyl (C=O) groups excluding carboxylic acids is 1. The summed E-state index contributed by atoms with van der Waals surface area (Å²) in [6.07, 6.45) is 0. The van der Waals surface area contributed by atoms with Gasteiger partial charge in [-0.25, -0.2) is 4.39 Å². The molecule has 0 saturated heterocycles. The van der Waals surface area contributed by atoms with E-state index in [0.29, 0.717) is 18.0 Å². The van der Waals surface area contributed by atoms with Gasteiger partial charge < -0.3 is 10.2 Å². The molecule has 27 heavy (non-hydrogen) atoms. The van der Waals surface area contributed by atoms with Crippen LogP contribution in [0.2, 0.25) is 0 Å². The summed E-state index contributed by atoms with van der Waals surface area (Å²) in [5, 5.41) is 8.57. The van der Waals surface area contributed by atoms with E-state index in [2.05, 4.69) is 29.2 Å². The summed E-state index contributed by atoms with van der Waals surface area (Å²) >= 11 is 1.45. The minimum absolute atomic E-state index is 0.0453. The minimum atomic E-state index is -0.250. The molecule has 0 aliphatic carbocycles. The number of nitrogens with zero attached hydrogens (tertiary/aromatic N) is 3. The summed E-state index contributed by atoms with van der Waals surface area (Å²) in [6, 6.07) is 8.33. The lowest BCUT2D eigenvalue weighted by molar-refractivity contribution is 0.0953. The summed E-state index contributed by atoms with van der Waals surface area (Å²) in [4.78, 5) is 16.4. The summed E-state index contributed by atoms with van der Waals surface area (Å²) in [5.74, 6) is -0.295. The number of rotatable bonds is 8. The Morgan fingerprint density at radius 3 is 2.63 bits per heavy atom. The Morgan fingerprint density at radius 1 is 1.26 bits per heavy atom. The Bertz CT molecular complexity index is 912. The van der Waals surface area contributed by atoms with Crippen LogP contribution in [0.1, 0.15) is 34.8 Å². The minimum Gasteiger partial charge on any atom is -0.350 e. The van der Waals surface area contributed by atoms with Crippen LogP contribution in [0, 0.1) is 12.7 Å². The molecule has 3 aromatic rings. The average Bonchev–Trinajstić information content (AvgIpc) is 3.22. The van der Waals surface area contributed by atoms with E-state index in [0.717, 1.165) is 41.1 Å². The highest BCUT2D eigenvalue weighted by molar-refractivity contribution is 7.20. The van der Waals surface area contributed by atoms with Crippen molar-refractivity contribution >= 4 is 27.5 Å². The topological polar surface area (TPSA) is 50.2 Å². The number of carbonyl (C=O) groups is 1. The van der Waals surface area contributed by atoms with Gasteiger partial charge in [-0.05, 0) is 43.8 Å². The quantitative estimate of drug-likeness (QED) is 0.641. The second-order valence-corrected chi connectivity index (χ2v) is 7.51. The number of nitrogens with one attached hydrogen (secondary N) is 1. The number of aryl methyl sites for hydroxylation is 1. The van der Waals surface area contributed by atoms with Gasteiger partial charge in [-0.2, -0.15) is 5.10 Å². The Kier molecular flexibility index (Phi) is 6.23. The van der Waals surface area contributed by atoms with Crippen molar-refractivity contribution in [2.24, 2.45) is 0 Å². The fourth-order valence-corrected chi connectivity index (χ4v) is 4.13. The molecule has 3 rings (SSSR count). The van der Waals surface area contributed by atoms with Crippen LogP contribution in [0.4, 0.5) is 4.39 Å². The molecule has 1 aromatic carbocycles. The van der Waals surface area contributed by atoms with Gasteiger partial charge in [0, 0.05) is 18.5 Å². The molecule has 0 spiro atoms. The third-order valence-electron chi connectivity index (χ3n) is 4.68. The van der Waals surface area contributed by atoms with Crippen molar-refractivity contribution in [3.05, 3.63) is 52.3 Å². The molecule has 2 aromatic heterocycles. The van der Waals surface area contributed by atoms with Crippen LogP contribution in [0.25, 0.3) is 10.2 Å². The average molecular weight is 389 g/mol. The van der Waals surface area contributed by atoms with Gasteiger partial charge in [-0.15, -0.1) is 11.3 Å². The molecule has 7 heteroatoms. The molecule has 2 heterocycles. The predicted octanol–water partition coefficient (Wildman–Crippen LogP) is 3.67. The lowest BCUT2D eigenvalue weighted by atomic mass is 10.2. The molecule has 0 radical (unpaired) electrons. The van der Waals surface area contributed by atoms with E-state index in [1.54, 1.807) is 12.1 Å². The maximum absolute atomic E-state index is 13.1. The summed E-state index contributed by atoms with van der Waals surface area (Å²) in [6.45, 7) is 10.2. The number of benzene rings is 1. The van der Waals surface area contributed by atoms with Crippen LogP contribution in [-0.2, 0) is 6.54 Å². The van der Waals surface area contributed by atoms with Crippen molar-refractivity contribution in [3.8, 4) is 0 Å². The molecule has 0 atom stereocenters. The van der Waals surface area contributed by atoms with Crippen molar-refractivity contribution < 1.29 is 9.18 Å². The van der Waals surface area contributed by atoms with E-state index in [-0.39, 0.29) is 11.7 Å². The molecule has 0 bridgehead atoms. The highest BCUT2D eigenvalue weighted by Gasteiger charge is 2.16. The number of hydrogen-bond donors (Lipinski definition) is 1. The molecular formula is C20H25FN4OS. The van der Waals surface area contributed by atoms with Gasteiger partial charge in [0.05, 0.1) is 17.1 Å². The van der Waals surface area contributed by atoms with E-state index >= 15 is 0 Å². The van der Waals surface area contributed by atoms with E-state index in [1.165, 1.54) is 23.5 Å². The van der Waals surface area contributed by atoms with Gasteiger partial charge in [-0.1, -0.05) is 26.0 Å². The molecule has 0 aliphatic heterocycles. The summed E-state index contributed by atoms with van der Waals surface area (Å²) in [7, 11) is 0. The van der Waals surface area contributed by atoms with Gasteiger partial charge in [0.1, 0.15) is 10.6 Å². The normalized spacial score (nSPS) is 11.4. The number of likely N-dealkylation sites (N-methyl/N-ethyl adjacent to an activating group) is 1. The second kappa shape index (κ2) is 8.63. The van der Waals surface area contributed by atoms with Crippen molar-refractivity contribution in [2.75, 3.05) is 26.2 Å². The number of aromatic nitrogens is 2. The zero-order chi connectivity index (χ0) is 19.4. The molecule has 1 amide bonds. The molecule has 0 fully saturated rings. The smallest absolute Gasteiger partial charge is 0.261 e. The molecule has 5 nitrogen and oxygen atoms in total. The third-order valence-corrected chi connectivity index (χ3v) is 5.83. The van der Waals surface area contributed by atoms with E-state index in [1.807, 2.05) is 17.7 Å². The fraction of sp³-hybridized carbons (Fsp3) is 0.400. The van der Waals surface area contributed by atoms with Crippen LogP contribution in [0.15, 0.2) is 30.3 Å². The van der Waals surface area contributed by atoms with Gasteiger partial charge >= 0.3 is 0 Å². The van der Waals surface area contributed by atoms with Gasteiger partial charge in [0.15, 0.2) is 0 Å². The van der Waals surface area contributed by atoms with Crippen LogP contribution < -0.4 is 5.32 Å². The Balaban J connectivity index is 1.73. The van der Waals surface area contributed by atoms with Crippen LogP contribution in [0.5, 0.6) is 0 Å². The SMILES string of the molecule is CCN(CC)CCNC(=O)c1cc2c(C)nn(Cc3ccc(F)cc3)c2s1. The standard InChI is InChI=1S/C20H25FN4OS/c1-4-24(5-2)11-10-22-19(26)18-12-17-14(3)23-25(20(17)27-18)13-15-6-8-16(21)9-7-15/h6-9,12H,4-5,10-11,13H2,1-3H3,(H,22,26).